The number of furan rings is 1. The van der Waals surface area contributed by atoms with Gasteiger partial charge >= 0.3 is 0 Å². The molecule has 1 saturated heterocycles. The van der Waals surface area contributed by atoms with Crippen LogP contribution in [0.5, 0.6) is 0 Å². The van der Waals surface area contributed by atoms with Crippen molar-refractivity contribution in [3.05, 3.63) is 30.4 Å². The van der Waals surface area contributed by atoms with Gasteiger partial charge in [-0.15, -0.1) is 5.10 Å². The van der Waals surface area contributed by atoms with Gasteiger partial charge in [-0.05, 0) is 18.6 Å². The van der Waals surface area contributed by atoms with E-state index in [1.165, 1.54) is 6.26 Å². The van der Waals surface area contributed by atoms with Gasteiger partial charge in [0, 0.05) is 32.7 Å². The molecule has 1 fully saturated rings. The quantitative estimate of drug-likeness (QED) is 0.888. The molecule has 0 unspecified atom stereocenters. The first-order valence-electron chi connectivity index (χ1n) is 7.79. The molecule has 3 rings (SSSR count). The maximum Gasteiger partial charge on any atom is 0.289 e. The van der Waals surface area contributed by atoms with E-state index in [1.807, 2.05) is 4.90 Å². The van der Waals surface area contributed by atoms with E-state index in [4.69, 9.17) is 4.42 Å². The Morgan fingerprint density at radius 3 is 2.87 bits per heavy atom. The zero-order valence-corrected chi connectivity index (χ0v) is 13.1. The van der Waals surface area contributed by atoms with Crippen LogP contribution in [0.15, 0.2) is 29.0 Å². The molecule has 0 aromatic carbocycles. The number of aromatic nitrogens is 3. The van der Waals surface area contributed by atoms with Gasteiger partial charge in [0.05, 0.1) is 12.5 Å². The Morgan fingerprint density at radius 2 is 2.17 bits per heavy atom. The Labute approximate surface area is 134 Å². The molecule has 2 aromatic rings. The second-order valence-electron chi connectivity index (χ2n) is 5.32. The predicted molar refractivity (Wildman–Crippen MR) is 85.4 cm³/mol. The number of rotatable bonds is 5. The average Bonchev–Trinajstić information content (AvgIpc) is 3.14. The SMILES string of the molecule is CCCNc1cnnc(N2CCN(C(=O)c3ccco3)CC2)n1. The lowest BCUT2D eigenvalue weighted by Gasteiger charge is -2.34. The van der Waals surface area contributed by atoms with Crippen LogP contribution in [-0.4, -0.2) is 58.7 Å². The minimum absolute atomic E-state index is 0.0768. The van der Waals surface area contributed by atoms with E-state index in [-0.39, 0.29) is 5.91 Å². The fourth-order valence-corrected chi connectivity index (χ4v) is 2.43. The topological polar surface area (TPSA) is 87.4 Å². The predicted octanol–water partition coefficient (Wildman–Crippen LogP) is 1.25. The maximum atomic E-state index is 12.2. The van der Waals surface area contributed by atoms with Gasteiger partial charge in [-0.3, -0.25) is 4.79 Å². The smallest absolute Gasteiger partial charge is 0.289 e. The highest BCUT2D eigenvalue weighted by Crippen LogP contribution is 2.14. The highest BCUT2D eigenvalue weighted by Gasteiger charge is 2.25. The third-order valence-electron chi connectivity index (χ3n) is 3.69. The lowest BCUT2D eigenvalue weighted by atomic mass is 10.3. The van der Waals surface area contributed by atoms with Crippen molar-refractivity contribution in [2.75, 3.05) is 42.9 Å². The fourth-order valence-electron chi connectivity index (χ4n) is 2.43. The molecule has 23 heavy (non-hydrogen) atoms. The van der Waals surface area contributed by atoms with Crippen LogP contribution < -0.4 is 10.2 Å². The van der Waals surface area contributed by atoms with Crippen LogP contribution in [0.2, 0.25) is 0 Å². The molecule has 1 amide bonds. The van der Waals surface area contributed by atoms with Crippen molar-refractivity contribution < 1.29 is 9.21 Å². The van der Waals surface area contributed by atoms with Gasteiger partial charge in [0.25, 0.3) is 5.91 Å². The molecule has 0 spiro atoms. The summed E-state index contributed by atoms with van der Waals surface area (Å²) in [4.78, 5) is 20.5. The lowest BCUT2D eigenvalue weighted by Crippen LogP contribution is -2.49. The second-order valence-corrected chi connectivity index (χ2v) is 5.32. The zero-order valence-electron chi connectivity index (χ0n) is 13.1. The Morgan fingerprint density at radius 1 is 1.35 bits per heavy atom. The molecule has 0 atom stereocenters. The minimum Gasteiger partial charge on any atom is -0.459 e. The van der Waals surface area contributed by atoms with Crippen molar-refractivity contribution in [2.45, 2.75) is 13.3 Å². The molecule has 1 aliphatic rings. The van der Waals surface area contributed by atoms with Gasteiger partial charge in [-0.25, -0.2) is 0 Å². The van der Waals surface area contributed by atoms with Crippen LogP contribution in [0.25, 0.3) is 0 Å². The lowest BCUT2D eigenvalue weighted by molar-refractivity contribution is 0.0714. The van der Waals surface area contributed by atoms with E-state index >= 15 is 0 Å². The molecule has 1 aliphatic heterocycles. The van der Waals surface area contributed by atoms with Crippen LogP contribution in [0.1, 0.15) is 23.9 Å². The summed E-state index contributed by atoms with van der Waals surface area (Å²) in [6.07, 6.45) is 4.15. The van der Waals surface area contributed by atoms with Crippen LogP contribution in [0, 0.1) is 0 Å². The molecule has 3 heterocycles. The summed E-state index contributed by atoms with van der Waals surface area (Å²) in [7, 11) is 0. The van der Waals surface area contributed by atoms with Gasteiger partial charge in [-0.2, -0.15) is 10.1 Å². The number of hydrogen-bond acceptors (Lipinski definition) is 7. The monoisotopic (exact) mass is 316 g/mol. The number of carbonyl (C=O) groups excluding carboxylic acids is 1. The number of anilines is 2. The van der Waals surface area contributed by atoms with Gasteiger partial charge in [0.15, 0.2) is 11.6 Å². The van der Waals surface area contributed by atoms with Crippen LogP contribution in [-0.2, 0) is 0 Å². The normalized spacial score (nSPS) is 14.8. The Bertz CT molecular complexity index is 637. The Hall–Kier alpha value is -2.64. The maximum absolute atomic E-state index is 12.2. The zero-order chi connectivity index (χ0) is 16.1. The third kappa shape index (κ3) is 3.58. The number of carbonyl (C=O) groups is 1. The summed E-state index contributed by atoms with van der Waals surface area (Å²) in [5.74, 6) is 1.62. The molecule has 0 radical (unpaired) electrons. The molecule has 0 aliphatic carbocycles. The molecule has 8 heteroatoms. The first-order valence-corrected chi connectivity index (χ1v) is 7.79. The summed E-state index contributed by atoms with van der Waals surface area (Å²) >= 11 is 0. The standard InChI is InChI=1S/C15H20N6O2/c1-2-5-16-13-11-17-19-15(18-13)21-8-6-20(7-9-21)14(22)12-4-3-10-23-12/h3-4,10-11H,2,5-9H2,1H3,(H,16,18,19). The first-order chi connectivity index (χ1) is 11.3. The summed E-state index contributed by atoms with van der Waals surface area (Å²) in [6, 6.07) is 3.41. The van der Waals surface area contributed by atoms with Gasteiger partial charge in [-0.1, -0.05) is 6.92 Å². The van der Waals surface area contributed by atoms with E-state index < -0.39 is 0 Å². The van der Waals surface area contributed by atoms with E-state index in [0.717, 1.165) is 18.8 Å². The van der Waals surface area contributed by atoms with Gasteiger partial charge in [0.2, 0.25) is 5.95 Å². The van der Waals surface area contributed by atoms with Crippen molar-refractivity contribution in [3.63, 3.8) is 0 Å². The van der Waals surface area contributed by atoms with Crippen molar-refractivity contribution in [1.82, 2.24) is 20.1 Å². The van der Waals surface area contributed by atoms with Gasteiger partial charge < -0.3 is 19.5 Å². The molecule has 0 saturated carbocycles. The summed E-state index contributed by atoms with van der Waals surface area (Å²) in [5.41, 5.74) is 0. The molecule has 122 valence electrons. The summed E-state index contributed by atoms with van der Waals surface area (Å²) in [5, 5.41) is 11.3. The number of nitrogens with one attached hydrogen (secondary N) is 1. The molecule has 0 bridgehead atoms. The van der Waals surface area contributed by atoms with Gasteiger partial charge in [0.1, 0.15) is 0 Å². The number of nitrogens with zero attached hydrogens (tertiary/aromatic N) is 5. The number of hydrogen-bond donors (Lipinski definition) is 1. The van der Waals surface area contributed by atoms with Crippen molar-refractivity contribution in [1.29, 1.82) is 0 Å². The van der Waals surface area contributed by atoms with E-state index in [2.05, 4.69) is 27.4 Å². The van der Waals surface area contributed by atoms with E-state index in [1.54, 1.807) is 23.2 Å². The van der Waals surface area contributed by atoms with E-state index in [0.29, 0.717) is 37.9 Å². The van der Waals surface area contributed by atoms with E-state index in [9.17, 15) is 4.79 Å². The third-order valence-corrected chi connectivity index (χ3v) is 3.69. The Kier molecular flexibility index (Phi) is 4.70. The highest BCUT2D eigenvalue weighted by molar-refractivity contribution is 5.91. The van der Waals surface area contributed by atoms with Crippen molar-refractivity contribution in [3.8, 4) is 0 Å². The Balaban J connectivity index is 1.59. The number of piperazine rings is 1. The van der Waals surface area contributed by atoms with Crippen LogP contribution in [0.3, 0.4) is 0 Å². The molecule has 1 N–H and O–H groups in total. The molecular formula is C15H20N6O2. The molecule has 2 aromatic heterocycles. The van der Waals surface area contributed by atoms with Crippen molar-refractivity contribution in [2.24, 2.45) is 0 Å². The second kappa shape index (κ2) is 7.08. The molecular weight excluding hydrogens is 296 g/mol. The molecule has 8 nitrogen and oxygen atoms in total. The summed E-state index contributed by atoms with van der Waals surface area (Å²) < 4.78 is 5.17. The number of amides is 1. The largest absolute Gasteiger partial charge is 0.459 e. The van der Waals surface area contributed by atoms with Crippen LogP contribution >= 0.6 is 0 Å². The van der Waals surface area contributed by atoms with Crippen molar-refractivity contribution >= 4 is 17.7 Å². The fraction of sp³-hybridized carbons (Fsp3) is 0.467. The summed E-state index contributed by atoms with van der Waals surface area (Å²) in [6.45, 7) is 5.50. The highest BCUT2D eigenvalue weighted by atomic mass is 16.3. The first kappa shape index (κ1) is 15.3. The van der Waals surface area contributed by atoms with Crippen LogP contribution in [0.4, 0.5) is 11.8 Å². The minimum atomic E-state index is -0.0768. The average molecular weight is 316 g/mol.